The molecule has 0 saturated carbocycles. The van der Waals surface area contributed by atoms with Crippen LogP contribution in [0.15, 0.2) is 85.1 Å². The molecule has 0 atom stereocenters. The molecule has 0 saturated heterocycles. The van der Waals surface area contributed by atoms with Crippen molar-refractivity contribution in [1.29, 1.82) is 0 Å². The van der Waals surface area contributed by atoms with Crippen molar-refractivity contribution < 1.29 is 19.4 Å². The first-order chi connectivity index (χ1) is 15.0. The number of ketones is 1. The summed E-state index contributed by atoms with van der Waals surface area (Å²) in [6.07, 6.45) is 4.71. The molecular formula is C26H21NO4. The van der Waals surface area contributed by atoms with E-state index in [1.807, 2.05) is 83.6 Å². The zero-order chi connectivity index (χ0) is 21.8. The Morgan fingerprint density at radius 3 is 2.55 bits per heavy atom. The molecule has 3 aromatic carbocycles. The van der Waals surface area contributed by atoms with Crippen LogP contribution in [0.5, 0.6) is 5.75 Å². The highest BCUT2D eigenvalue weighted by Gasteiger charge is 2.17. The van der Waals surface area contributed by atoms with E-state index in [1.54, 1.807) is 7.11 Å². The van der Waals surface area contributed by atoms with Crippen molar-refractivity contribution in [2.45, 2.75) is 6.42 Å². The molecule has 154 valence electrons. The standard InChI is InChI=1S/C26H21NO4/c1-31-21-9-5-6-19(14-21)16-25(28)23-17-27(20-7-3-2-4-8-20)24-12-10-18(15-22(23)24)11-13-26(29)30/h2-15,17H,16H2,1H3,(H,29,30)/b13-11+. The summed E-state index contributed by atoms with van der Waals surface area (Å²) in [5.74, 6) is -0.332. The second-order valence-corrected chi connectivity index (χ2v) is 7.15. The van der Waals surface area contributed by atoms with Crippen molar-refractivity contribution in [2.75, 3.05) is 7.11 Å². The Labute approximate surface area is 179 Å². The van der Waals surface area contributed by atoms with Gasteiger partial charge in [0.25, 0.3) is 0 Å². The van der Waals surface area contributed by atoms with Crippen LogP contribution < -0.4 is 4.74 Å². The number of carboxylic acid groups (broad SMARTS) is 1. The number of aliphatic carboxylic acids is 1. The van der Waals surface area contributed by atoms with Crippen molar-refractivity contribution in [2.24, 2.45) is 0 Å². The van der Waals surface area contributed by atoms with Crippen LogP contribution in [0, 0.1) is 0 Å². The number of rotatable bonds is 7. The Bertz CT molecular complexity index is 1290. The molecule has 0 aliphatic rings. The first-order valence-corrected chi connectivity index (χ1v) is 9.83. The van der Waals surface area contributed by atoms with Gasteiger partial charge in [0.1, 0.15) is 5.75 Å². The average Bonchev–Trinajstić information content (AvgIpc) is 3.17. The first-order valence-electron chi connectivity index (χ1n) is 9.83. The molecule has 1 N–H and O–H groups in total. The van der Waals surface area contributed by atoms with Gasteiger partial charge in [0.05, 0.1) is 12.6 Å². The second-order valence-electron chi connectivity index (χ2n) is 7.15. The number of hydrogen-bond acceptors (Lipinski definition) is 3. The third-order valence-corrected chi connectivity index (χ3v) is 5.08. The third kappa shape index (κ3) is 4.41. The van der Waals surface area contributed by atoms with Gasteiger partial charge in [0.2, 0.25) is 0 Å². The number of fused-ring (bicyclic) bond motifs is 1. The summed E-state index contributed by atoms with van der Waals surface area (Å²) >= 11 is 0. The predicted octanol–water partition coefficient (Wildman–Crippen LogP) is 5.16. The van der Waals surface area contributed by atoms with Gasteiger partial charge in [-0.1, -0.05) is 36.4 Å². The van der Waals surface area contributed by atoms with Crippen molar-refractivity contribution in [3.63, 3.8) is 0 Å². The molecular weight excluding hydrogens is 390 g/mol. The number of carboxylic acids is 1. The van der Waals surface area contributed by atoms with Crippen LogP contribution in [-0.2, 0) is 11.2 Å². The lowest BCUT2D eigenvalue weighted by molar-refractivity contribution is -0.131. The summed E-state index contributed by atoms with van der Waals surface area (Å²) in [4.78, 5) is 24.2. The minimum absolute atomic E-state index is 0.0210. The SMILES string of the molecule is COc1cccc(CC(=O)c2cn(-c3ccccc3)c3ccc(/C=C/C(=O)O)cc23)c1. The summed E-state index contributed by atoms with van der Waals surface area (Å²) in [6, 6.07) is 22.9. The van der Waals surface area contributed by atoms with E-state index in [9.17, 15) is 9.59 Å². The summed E-state index contributed by atoms with van der Waals surface area (Å²) in [5, 5.41) is 9.72. The molecule has 0 amide bonds. The molecule has 0 radical (unpaired) electrons. The number of nitrogens with zero attached hydrogens (tertiary/aromatic N) is 1. The van der Waals surface area contributed by atoms with Gasteiger partial charge in [-0.05, 0) is 53.6 Å². The maximum Gasteiger partial charge on any atom is 0.328 e. The predicted molar refractivity (Wildman–Crippen MR) is 121 cm³/mol. The third-order valence-electron chi connectivity index (χ3n) is 5.08. The maximum atomic E-state index is 13.3. The lowest BCUT2D eigenvalue weighted by atomic mass is 10.0. The van der Waals surface area contributed by atoms with Gasteiger partial charge in [-0.25, -0.2) is 4.79 Å². The number of benzene rings is 3. The Balaban J connectivity index is 1.80. The zero-order valence-electron chi connectivity index (χ0n) is 17.0. The van der Waals surface area contributed by atoms with Crippen LogP contribution in [0.25, 0.3) is 22.7 Å². The van der Waals surface area contributed by atoms with Gasteiger partial charge in [-0.2, -0.15) is 0 Å². The molecule has 0 spiro atoms. The van der Waals surface area contributed by atoms with Gasteiger partial charge >= 0.3 is 5.97 Å². The van der Waals surface area contributed by atoms with E-state index in [1.165, 1.54) is 6.08 Å². The number of para-hydroxylation sites is 1. The van der Waals surface area contributed by atoms with Crippen LogP contribution in [-0.4, -0.2) is 28.5 Å². The first kappa shape index (κ1) is 20.2. The lowest BCUT2D eigenvalue weighted by Crippen LogP contribution is -2.03. The molecule has 0 aliphatic carbocycles. The molecule has 1 heterocycles. The van der Waals surface area contributed by atoms with Crippen molar-refractivity contribution in [3.8, 4) is 11.4 Å². The summed E-state index contributed by atoms with van der Waals surface area (Å²) in [5.41, 5.74) is 4.00. The Morgan fingerprint density at radius 2 is 1.81 bits per heavy atom. The molecule has 0 aliphatic heterocycles. The lowest BCUT2D eigenvalue weighted by Gasteiger charge is -2.05. The number of Topliss-reactive ketones (excluding diaryl/α,β-unsaturated/α-hetero) is 1. The fourth-order valence-electron chi connectivity index (χ4n) is 3.61. The molecule has 31 heavy (non-hydrogen) atoms. The minimum atomic E-state index is -1.02. The largest absolute Gasteiger partial charge is 0.497 e. The quantitative estimate of drug-likeness (QED) is 0.337. The van der Waals surface area contributed by atoms with E-state index >= 15 is 0 Å². The highest BCUT2D eigenvalue weighted by Crippen LogP contribution is 2.28. The van der Waals surface area contributed by atoms with Gasteiger partial charge in [0, 0.05) is 35.3 Å². The Kier molecular flexibility index (Phi) is 5.67. The maximum absolute atomic E-state index is 13.3. The van der Waals surface area contributed by atoms with E-state index in [2.05, 4.69) is 0 Å². The monoisotopic (exact) mass is 411 g/mol. The molecule has 4 aromatic rings. The van der Waals surface area contributed by atoms with E-state index in [0.717, 1.165) is 33.8 Å². The van der Waals surface area contributed by atoms with Gasteiger partial charge in [-0.15, -0.1) is 0 Å². The molecule has 4 rings (SSSR count). The molecule has 0 fully saturated rings. The van der Waals surface area contributed by atoms with Crippen LogP contribution >= 0.6 is 0 Å². The zero-order valence-corrected chi connectivity index (χ0v) is 17.0. The highest BCUT2D eigenvalue weighted by molar-refractivity contribution is 6.09. The van der Waals surface area contributed by atoms with Gasteiger partial charge in [0.15, 0.2) is 5.78 Å². The molecule has 0 unspecified atom stereocenters. The molecule has 0 bridgehead atoms. The van der Waals surface area contributed by atoms with Crippen LogP contribution in [0.2, 0.25) is 0 Å². The minimum Gasteiger partial charge on any atom is -0.497 e. The number of ether oxygens (including phenoxy) is 1. The number of hydrogen-bond donors (Lipinski definition) is 1. The number of carbonyl (C=O) groups excluding carboxylic acids is 1. The van der Waals surface area contributed by atoms with Crippen LogP contribution in [0.1, 0.15) is 21.5 Å². The fraction of sp³-hybridized carbons (Fsp3) is 0.0769. The van der Waals surface area contributed by atoms with Crippen molar-refractivity contribution >= 4 is 28.7 Å². The van der Waals surface area contributed by atoms with E-state index in [0.29, 0.717) is 11.3 Å². The van der Waals surface area contributed by atoms with Gasteiger partial charge in [-0.3, -0.25) is 4.79 Å². The number of methoxy groups -OCH3 is 1. The van der Waals surface area contributed by atoms with E-state index in [-0.39, 0.29) is 12.2 Å². The Morgan fingerprint density at radius 1 is 1.00 bits per heavy atom. The Hall–Kier alpha value is -4.12. The molecule has 1 aromatic heterocycles. The van der Waals surface area contributed by atoms with E-state index in [4.69, 9.17) is 9.84 Å². The molecule has 5 heteroatoms. The van der Waals surface area contributed by atoms with Crippen LogP contribution in [0.3, 0.4) is 0 Å². The van der Waals surface area contributed by atoms with Crippen molar-refractivity contribution in [3.05, 3.63) is 102 Å². The number of carbonyl (C=O) groups is 2. The summed E-state index contributed by atoms with van der Waals surface area (Å²) < 4.78 is 7.25. The highest BCUT2D eigenvalue weighted by atomic mass is 16.5. The fourth-order valence-corrected chi connectivity index (χ4v) is 3.61. The number of aromatic nitrogens is 1. The van der Waals surface area contributed by atoms with Gasteiger partial charge < -0.3 is 14.4 Å². The second kappa shape index (κ2) is 8.71. The van der Waals surface area contributed by atoms with E-state index < -0.39 is 5.97 Å². The average molecular weight is 411 g/mol. The summed E-state index contributed by atoms with van der Waals surface area (Å²) in [6.45, 7) is 0. The van der Waals surface area contributed by atoms with Crippen molar-refractivity contribution in [1.82, 2.24) is 4.57 Å². The summed E-state index contributed by atoms with van der Waals surface area (Å²) in [7, 11) is 1.60. The normalized spacial score (nSPS) is 11.1. The van der Waals surface area contributed by atoms with Crippen LogP contribution in [0.4, 0.5) is 0 Å². The smallest absolute Gasteiger partial charge is 0.328 e. The topological polar surface area (TPSA) is 68.5 Å². The molecule has 5 nitrogen and oxygen atoms in total.